The molecule has 3 N–H and O–H groups in total. The van der Waals surface area contributed by atoms with E-state index in [9.17, 15) is 9.59 Å². The fraction of sp³-hybridized carbons (Fsp3) is 0.267. The van der Waals surface area contributed by atoms with Crippen LogP contribution in [0.3, 0.4) is 0 Å². The summed E-state index contributed by atoms with van der Waals surface area (Å²) in [4.78, 5) is 27.5. The molecule has 0 radical (unpaired) electrons. The van der Waals surface area contributed by atoms with Gasteiger partial charge >= 0.3 is 6.03 Å². The van der Waals surface area contributed by atoms with Gasteiger partial charge in [-0.1, -0.05) is 54.6 Å². The minimum absolute atomic E-state index is 0.159. The minimum atomic E-state index is -0.354. The first-order valence-electron chi connectivity index (χ1n) is 12.8. The molecule has 0 saturated carbocycles. The molecule has 7 nitrogen and oxygen atoms in total. The number of amides is 3. The predicted octanol–water partition coefficient (Wildman–Crippen LogP) is 4.98. The summed E-state index contributed by atoms with van der Waals surface area (Å²) < 4.78 is 5.80. The summed E-state index contributed by atoms with van der Waals surface area (Å²) in [6, 6.07) is 25.9. The number of rotatable bonds is 11. The second kappa shape index (κ2) is 13.8. The molecule has 1 fully saturated rings. The van der Waals surface area contributed by atoms with Crippen LogP contribution in [0.15, 0.2) is 97.1 Å². The zero-order valence-electron chi connectivity index (χ0n) is 20.9. The van der Waals surface area contributed by atoms with E-state index in [0.29, 0.717) is 24.4 Å². The third kappa shape index (κ3) is 9.13. The first-order valence-corrected chi connectivity index (χ1v) is 12.8. The van der Waals surface area contributed by atoms with Gasteiger partial charge in [-0.3, -0.25) is 4.79 Å². The van der Waals surface area contributed by atoms with Crippen LogP contribution < -0.4 is 20.7 Å². The first-order chi connectivity index (χ1) is 18.1. The number of likely N-dealkylation sites (tertiary alicyclic amines) is 1. The van der Waals surface area contributed by atoms with Crippen molar-refractivity contribution >= 4 is 17.6 Å². The molecule has 1 saturated heterocycles. The zero-order chi connectivity index (χ0) is 25.7. The smallest absolute Gasteiger partial charge is 0.319 e. The van der Waals surface area contributed by atoms with Gasteiger partial charge in [0.2, 0.25) is 5.91 Å². The summed E-state index contributed by atoms with van der Waals surface area (Å²) in [7, 11) is 0. The van der Waals surface area contributed by atoms with Crippen LogP contribution in [0.1, 0.15) is 18.4 Å². The number of hydrogen-bond acceptors (Lipinski definition) is 4. The molecule has 37 heavy (non-hydrogen) atoms. The molecule has 3 amide bonds. The van der Waals surface area contributed by atoms with Crippen molar-refractivity contribution < 1.29 is 14.3 Å². The summed E-state index contributed by atoms with van der Waals surface area (Å²) in [6.07, 6.45) is 6.28. The summed E-state index contributed by atoms with van der Waals surface area (Å²) in [5.74, 6) is 1.27. The third-order valence-corrected chi connectivity index (χ3v) is 6.11. The maximum atomic E-state index is 12.8. The highest BCUT2D eigenvalue weighted by atomic mass is 16.5. The van der Waals surface area contributed by atoms with Gasteiger partial charge in [-0.05, 0) is 74.3 Å². The van der Waals surface area contributed by atoms with Crippen molar-refractivity contribution in [2.75, 3.05) is 31.5 Å². The maximum absolute atomic E-state index is 12.8. The first kappa shape index (κ1) is 26.0. The summed E-state index contributed by atoms with van der Waals surface area (Å²) in [5.41, 5.74) is 1.70. The second-order valence-electron chi connectivity index (χ2n) is 9.03. The fourth-order valence-corrected chi connectivity index (χ4v) is 4.21. The maximum Gasteiger partial charge on any atom is 0.319 e. The van der Waals surface area contributed by atoms with Crippen LogP contribution in [0.5, 0.6) is 11.5 Å². The van der Waals surface area contributed by atoms with Crippen molar-refractivity contribution in [1.29, 1.82) is 0 Å². The molecule has 0 bridgehead atoms. The minimum Gasteiger partial charge on any atom is -0.457 e. The summed E-state index contributed by atoms with van der Waals surface area (Å²) in [5, 5.41) is 8.76. The molecule has 0 aromatic heterocycles. The Morgan fingerprint density at radius 3 is 2.22 bits per heavy atom. The lowest BCUT2D eigenvalue weighted by molar-refractivity contribution is -0.116. The number of benzene rings is 3. The van der Waals surface area contributed by atoms with E-state index in [2.05, 4.69) is 20.9 Å². The number of para-hydroxylation sites is 1. The highest BCUT2D eigenvalue weighted by Crippen LogP contribution is 2.22. The molecule has 0 spiro atoms. The van der Waals surface area contributed by atoms with E-state index < -0.39 is 0 Å². The molecule has 1 unspecified atom stereocenters. The van der Waals surface area contributed by atoms with Crippen LogP contribution >= 0.6 is 0 Å². The van der Waals surface area contributed by atoms with Gasteiger partial charge in [0.1, 0.15) is 11.5 Å². The van der Waals surface area contributed by atoms with Crippen molar-refractivity contribution in [1.82, 2.24) is 15.5 Å². The van der Waals surface area contributed by atoms with E-state index in [4.69, 9.17) is 4.74 Å². The standard InChI is InChI=1S/C30H34N4O3/c35-29(31-19-22-34-20-7-8-21-34)18-15-26(23-24-9-3-1-4-10-24)33-30(36)32-25-13-16-28(17-14-25)37-27-11-5-2-6-12-27/h1-6,9-18,26H,7-8,19-23H2,(H,31,35)(H2,32,33,36). The topological polar surface area (TPSA) is 82.7 Å². The third-order valence-electron chi connectivity index (χ3n) is 6.11. The molecule has 1 heterocycles. The highest BCUT2D eigenvalue weighted by molar-refractivity contribution is 5.90. The Labute approximate surface area is 218 Å². The molecule has 7 heteroatoms. The summed E-state index contributed by atoms with van der Waals surface area (Å²) >= 11 is 0. The Morgan fingerprint density at radius 1 is 0.865 bits per heavy atom. The van der Waals surface area contributed by atoms with E-state index >= 15 is 0 Å². The SMILES string of the molecule is O=C(C=CC(Cc1ccccc1)NC(=O)Nc1ccc(Oc2ccccc2)cc1)NCCN1CCCC1. The molecule has 0 aliphatic carbocycles. The van der Waals surface area contributed by atoms with Crippen molar-refractivity contribution in [2.24, 2.45) is 0 Å². The van der Waals surface area contributed by atoms with Gasteiger partial charge in [-0.25, -0.2) is 4.79 Å². The van der Waals surface area contributed by atoms with Crippen molar-refractivity contribution in [3.8, 4) is 11.5 Å². The van der Waals surface area contributed by atoms with Gasteiger partial charge < -0.3 is 25.6 Å². The molecule has 3 aromatic carbocycles. The fourth-order valence-electron chi connectivity index (χ4n) is 4.21. The number of carbonyl (C=O) groups is 2. The largest absolute Gasteiger partial charge is 0.457 e. The van der Waals surface area contributed by atoms with Crippen LogP contribution in [0.25, 0.3) is 0 Å². The van der Waals surface area contributed by atoms with Crippen LogP contribution in [0, 0.1) is 0 Å². The van der Waals surface area contributed by atoms with Crippen LogP contribution in [0.2, 0.25) is 0 Å². The van der Waals surface area contributed by atoms with E-state index in [0.717, 1.165) is 30.9 Å². The molecular formula is C30H34N4O3. The zero-order valence-corrected chi connectivity index (χ0v) is 20.9. The number of carbonyl (C=O) groups excluding carboxylic acids is 2. The van der Waals surface area contributed by atoms with Gasteiger partial charge in [0, 0.05) is 24.9 Å². The highest BCUT2D eigenvalue weighted by Gasteiger charge is 2.13. The van der Waals surface area contributed by atoms with Crippen molar-refractivity contribution in [2.45, 2.75) is 25.3 Å². The average molecular weight is 499 g/mol. The number of urea groups is 1. The van der Waals surface area contributed by atoms with Gasteiger partial charge in [0.25, 0.3) is 0 Å². The second-order valence-corrected chi connectivity index (χ2v) is 9.03. The quantitative estimate of drug-likeness (QED) is 0.326. The van der Waals surface area contributed by atoms with Crippen LogP contribution in [-0.4, -0.2) is 49.1 Å². The number of nitrogens with one attached hydrogen (secondary N) is 3. The molecule has 4 rings (SSSR count). The predicted molar refractivity (Wildman–Crippen MR) is 147 cm³/mol. The van der Waals surface area contributed by atoms with Crippen LogP contribution in [-0.2, 0) is 11.2 Å². The lowest BCUT2D eigenvalue weighted by Crippen LogP contribution is -2.38. The van der Waals surface area contributed by atoms with E-state index in [1.165, 1.54) is 18.9 Å². The number of ether oxygens (including phenoxy) is 1. The van der Waals surface area contributed by atoms with Crippen LogP contribution in [0.4, 0.5) is 10.5 Å². The molecule has 1 aliphatic heterocycles. The van der Waals surface area contributed by atoms with E-state index in [1.807, 2.05) is 60.7 Å². The number of hydrogen-bond donors (Lipinski definition) is 3. The monoisotopic (exact) mass is 498 g/mol. The van der Waals surface area contributed by atoms with Gasteiger partial charge in [-0.15, -0.1) is 0 Å². The molecular weight excluding hydrogens is 464 g/mol. The molecule has 1 aliphatic rings. The molecule has 1 atom stereocenters. The van der Waals surface area contributed by atoms with Gasteiger partial charge in [0.05, 0.1) is 6.04 Å². The lowest BCUT2D eigenvalue weighted by atomic mass is 10.1. The molecule has 3 aromatic rings. The van der Waals surface area contributed by atoms with Gasteiger partial charge in [0.15, 0.2) is 0 Å². The van der Waals surface area contributed by atoms with Gasteiger partial charge in [-0.2, -0.15) is 0 Å². The Hall–Kier alpha value is -4.10. The summed E-state index contributed by atoms with van der Waals surface area (Å²) in [6.45, 7) is 3.69. The Bertz CT molecular complexity index is 1140. The molecule has 192 valence electrons. The van der Waals surface area contributed by atoms with E-state index in [-0.39, 0.29) is 18.0 Å². The number of nitrogens with zero attached hydrogens (tertiary/aromatic N) is 1. The Balaban J connectivity index is 1.30. The normalized spacial score (nSPS) is 14.3. The van der Waals surface area contributed by atoms with E-state index in [1.54, 1.807) is 30.3 Å². The van der Waals surface area contributed by atoms with Crippen molar-refractivity contribution in [3.63, 3.8) is 0 Å². The average Bonchev–Trinajstić information content (AvgIpc) is 3.43. The Kier molecular flexibility index (Phi) is 9.72. The Morgan fingerprint density at radius 2 is 1.51 bits per heavy atom. The number of anilines is 1. The van der Waals surface area contributed by atoms with Crippen molar-refractivity contribution in [3.05, 3.63) is 103 Å². The lowest BCUT2D eigenvalue weighted by Gasteiger charge is -2.17.